The number of hydrogen-bond donors (Lipinski definition) is 0. The highest BCUT2D eigenvalue weighted by molar-refractivity contribution is 5.65. The van der Waals surface area contributed by atoms with Crippen molar-refractivity contribution in [2.45, 2.75) is 51.1 Å². The molecule has 0 amide bonds. The zero-order chi connectivity index (χ0) is 14.9. The average Bonchev–Trinajstić information content (AvgIpc) is 2.92. The van der Waals surface area contributed by atoms with Crippen LogP contribution in [0.2, 0.25) is 0 Å². The number of rotatable bonds is 2. The van der Waals surface area contributed by atoms with Crippen molar-refractivity contribution in [2.24, 2.45) is 5.92 Å². The SMILES string of the molecule is N#Cc1c(CN2CCCC3CCCCC32)cn2ccccc12. The van der Waals surface area contributed by atoms with E-state index in [2.05, 4.69) is 21.6 Å². The lowest BCUT2D eigenvalue weighted by Gasteiger charge is -2.44. The number of nitriles is 1. The van der Waals surface area contributed by atoms with Crippen molar-refractivity contribution in [3.8, 4) is 6.07 Å². The molecule has 0 aromatic carbocycles. The van der Waals surface area contributed by atoms with Gasteiger partial charge in [-0.15, -0.1) is 0 Å². The predicted molar refractivity (Wildman–Crippen MR) is 87.5 cm³/mol. The monoisotopic (exact) mass is 293 g/mol. The van der Waals surface area contributed by atoms with E-state index < -0.39 is 0 Å². The van der Waals surface area contributed by atoms with E-state index in [0.29, 0.717) is 0 Å². The molecule has 0 N–H and O–H groups in total. The molecule has 4 rings (SSSR count). The maximum Gasteiger partial charge on any atom is 0.102 e. The summed E-state index contributed by atoms with van der Waals surface area (Å²) >= 11 is 0. The minimum atomic E-state index is 0.747. The van der Waals surface area contributed by atoms with Gasteiger partial charge in [0.05, 0.1) is 11.1 Å². The van der Waals surface area contributed by atoms with E-state index in [1.807, 2.05) is 24.4 Å². The van der Waals surface area contributed by atoms with Gasteiger partial charge in [-0.2, -0.15) is 5.26 Å². The smallest absolute Gasteiger partial charge is 0.102 e. The quantitative estimate of drug-likeness (QED) is 0.839. The third-order valence-corrected chi connectivity index (χ3v) is 5.61. The first-order valence-corrected chi connectivity index (χ1v) is 8.59. The van der Waals surface area contributed by atoms with Crippen LogP contribution in [0, 0.1) is 17.2 Å². The van der Waals surface area contributed by atoms with Gasteiger partial charge in [-0.1, -0.05) is 18.9 Å². The minimum Gasteiger partial charge on any atom is -0.322 e. The Bertz CT molecular complexity index is 707. The number of fused-ring (bicyclic) bond motifs is 2. The Balaban J connectivity index is 1.64. The first-order valence-electron chi connectivity index (χ1n) is 8.59. The summed E-state index contributed by atoms with van der Waals surface area (Å²) in [5.74, 6) is 0.894. The molecule has 1 saturated carbocycles. The number of piperidine rings is 1. The van der Waals surface area contributed by atoms with E-state index in [-0.39, 0.29) is 0 Å². The topological polar surface area (TPSA) is 31.4 Å². The molecule has 0 bridgehead atoms. The molecule has 2 atom stereocenters. The Morgan fingerprint density at radius 1 is 1.14 bits per heavy atom. The Kier molecular flexibility index (Phi) is 3.63. The number of likely N-dealkylation sites (tertiary alicyclic amines) is 1. The van der Waals surface area contributed by atoms with Crippen LogP contribution in [0.15, 0.2) is 30.6 Å². The lowest BCUT2D eigenvalue weighted by Crippen LogP contribution is -2.46. The molecule has 2 aromatic heterocycles. The Morgan fingerprint density at radius 3 is 2.91 bits per heavy atom. The molecule has 1 aliphatic heterocycles. The molecule has 2 aliphatic rings. The summed E-state index contributed by atoms with van der Waals surface area (Å²) in [4.78, 5) is 2.66. The number of aromatic nitrogens is 1. The van der Waals surface area contributed by atoms with Crippen LogP contribution in [-0.2, 0) is 6.54 Å². The van der Waals surface area contributed by atoms with Gasteiger partial charge in [0.2, 0.25) is 0 Å². The zero-order valence-corrected chi connectivity index (χ0v) is 13.0. The first-order chi connectivity index (χ1) is 10.9. The van der Waals surface area contributed by atoms with Crippen LogP contribution in [0.3, 0.4) is 0 Å². The summed E-state index contributed by atoms with van der Waals surface area (Å²) in [6, 6.07) is 9.26. The van der Waals surface area contributed by atoms with Crippen molar-refractivity contribution < 1.29 is 0 Å². The number of nitrogens with zero attached hydrogens (tertiary/aromatic N) is 3. The second kappa shape index (κ2) is 5.78. The van der Waals surface area contributed by atoms with Crippen LogP contribution in [0.1, 0.15) is 49.7 Å². The molecule has 2 fully saturated rings. The van der Waals surface area contributed by atoms with Crippen molar-refractivity contribution >= 4 is 5.52 Å². The summed E-state index contributed by atoms with van der Waals surface area (Å²) < 4.78 is 2.09. The Labute approximate surface area is 132 Å². The fraction of sp³-hybridized carbons (Fsp3) is 0.526. The molecule has 2 unspecified atom stereocenters. The molecule has 1 saturated heterocycles. The molecular weight excluding hydrogens is 270 g/mol. The molecule has 22 heavy (non-hydrogen) atoms. The van der Waals surface area contributed by atoms with Crippen LogP contribution in [-0.4, -0.2) is 21.9 Å². The van der Waals surface area contributed by atoms with Gasteiger partial charge < -0.3 is 4.40 Å². The Hall–Kier alpha value is -1.79. The third kappa shape index (κ3) is 2.32. The standard InChI is InChI=1S/C19H23N3/c20-12-17-16(14-22-10-4-3-9-19(17)22)13-21-11-5-7-15-6-1-2-8-18(15)21/h3-4,9-10,14-15,18H,1-2,5-8,11,13H2. The Morgan fingerprint density at radius 2 is 2.00 bits per heavy atom. The van der Waals surface area contributed by atoms with E-state index in [0.717, 1.165) is 29.6 Å². The van der Waals surface area contributed by atoms with Crippen LogP contribution in [0.5, 0.6) is 0 Å². The summed E-state index contributed by atoms with van der Waals surface area (Å²) in [5, 5.41) is 9.59. The van der Waals surface area contributed by atoms with Crippen molar-refractivity contribution in [1.29, 1.82) is 5.26 Å². The van der Waals surface area contributed by atoms with E-state index >= 15 is 0 Å². The summed E-state index contributed by atoms with van der Waals surface area (Å²) in [7, 11) is 0. The maximum absolute atomic E-state index is 9.59. The lowest BCUT2D eigenvalue weighted by molar-refractivity contribution is 0.0547. The van der Waals surface area contributed by atoms with Crippen molar-refractivity contribution in [3.05, 3.63) is 41.7 Å². The van der Waals surface area contributed by atoms with Crippen molar-refractivity contribution in [3.63, 3.8) is 0 Å². The predicted octanol–water partition coefficient (Wildman–Crippen LogP) is 3.97. The number of pyridine rings is 1. The fourth-order valence-corrected chi connectivity index (χ4v) is 4.57. The zero-order valence-electron chi connectivity index (χ0n) is 13.0. The van der Waals surface area contributed by atoms with Crippen molar-refractivity contribution in [2.75, 3.05) is 6.54 Å². The van der Waals surface area contributed by atoms with Gasteiger partial charge in [-0.25, -0.2) is 0 Å². The summed E-state index contributed by atoms with van der Waals surface area (Å²) in [6.45, 7) is 2.13. The van der Waals surface area contributed by atoms with Crippen LogP contribution < -0.4 is 0 Å². The highest BCUT2D eigenvalue weighted by atomic mass is 15.2. The van der Waals surface area contributed by atoms with Gasteiger partial charge in [0.15, 0.2) is 0 Å². The van der Waals surface area contributed by atoms with Gasteiger partial charge in [-0.05, 0) is 50.3 Å². The second-order valence-corrected chi connectivity index (χ2v) is 6.86. The van der Waals surface area contributed by atoms with Gasteiger partial charge in [0.1, 0.15) is 6.07 Å². The molecule has 3 heteroatoms. The van der Waals surface area contributed by atoms with Gasteiger partial charge in [0.25, 0.3) is 0 Å². The van der Waals surface area contributed by atoms with Crippen molar-refractivity contribution in [1.82, 2.24) is 9.30 Å². The number of hydrogen-bond acceptors (Lipinski definition) is 2. The van der Waals surface area contributed by atoms with Crippen LogP contribution in [0.25, 0.3) is 5.52 Å². The van der Waals surface area contributed by atoms with Gasteiger partial charge in [-0.3, -0.25) is 4.90 Å². The summed E-state index contributed by atoms with van der Waals surface area (Å²) in [5.41, 5.74) is 3.09. The molecule has 0 radical (unpaired) electrons. The molecule has 3 heterocycles. The molecule has 2 aromatic rings. The van der Waals surface area contributed by atoms with E-state index in [1.165, 1.54) is 50.6 Å². The lowest BCUT2D eigenvalue weighted by atomic mass is 9.78. The van der Waals surface area contributed by atoms with Gasteiger partial charge in [0, 0.05) is 30.5 Å². The third-order valence-electron chi connectivity index (χ3n) is 5.61. The maximum atomic E-state index is 9.59. The highest BCUT2D eigenvalue weighted by Crippen LogP contribution is 2.36. The minimum absolute atomic E-state index is 0.747. The van der Waals surface area contributed by atoms with E-state index in [4.69, 9.17) is 0 Å². The molecule has 1 aliphatic carbocycles. The summed E-state index contributed by atoms with van der Waals surface area (Å²) in [6.07, 6.45) is 12.5. The highest BCUT2D eigenvalue weighted by Gasteiger charge is 2.33. The molecule has 3 nitrogen and oxygen atoms in total. The van der Waals surface area contributed by atoms with E-state index in [9.17, 15) is 5.26 Å². The average molecular weight is 293 g/mol. The first kappa shape index (κ1) is 13.8. The fourth-order valence-electron chi connectivity index (χ4n) is 4.57. The molecule has 0 spiro atoms. The second-order valence-electron chi connectivity index (χ2n) is 6.86. The van der Waals surface area contributed by atoms with Gasteiger partial charge >= 0.3 is 0 Å². The largest absolute Gasteiger partial charge is 0.322 e. The molecule has 114 valence electrons. The molecular formula is C19H23N3. The van der Waals surface area contributed by atoms with Crippen LogP contribution in [0.4, 0.5) is 0 Å². The normalized spacial score (nSPS) is 25.8. The van der Waals surface area contributed by atoms with E-state index in [1.54, 1.807) is 0 Å². The van der Waals surface area contributed by atoms with Crippen LogP contribution >= 0.6 is 0 Å².